The van der Waals surface area contributed by atoms with Gasteiger partial charge < -0.3 is 14.8 Å². The number of carbonyl (C=O) groups is 1. The summed E-state index contributed by atoms with van der Waals surface area (Å²) in [6.45, 7) is 2.33. The van der Waals surface area contributed by atoms with Crippen molar-refractivity contribution in [2.75, 3.05) is 7.11 Å². The summed E-state index contributed by atoms with van der Waals surface area (Å²) in [6.07, 6.45) is 0. The third-order valence-corrected chi connectivity index (χ3v) is 5.50. The van der Waals surface area contributed by atoms with Gasteiger partial charge in [-0.2, -0.15) is 0 Å². The SMILES string of the molecule is COc1ccc(C(=O)NC(c2ccccc2)c2ccccc2)cc1COc1ccc(C)cc1. The molecule has 0 atom stereocenters. The lowest BCUT2D eigenvalue weighted by atomic mass is 9.98. The fourth-order valence-electron chi connectivity index (χ4n) is 3.69. The smallest absolute Gasteiger partial charge is 0.252 e. The first-order valence-electron chi connectivity index (χ1n) is 10.9. The minimum absolute atomic E-state index is 0.160. The maximum Gasteiger partial charge on any atom is 0.252 e. The highest BCUT2D eigenvalue weighted by atomic mass is 16.5. The number of carbonyl (C=O) groups excluding carboxylic acids is 1. The Morgan fingerprint density at radius 2 is 1.42 bits per heavy atom. The Balaban J connectivity index is 1.56. The molecule has 4 rings (SSSR count). The molecule has 4 heteroatoms. The summed E-state index contributed by atoms with van der Waals surface area (Å²) in [5.41, 5.74) is 4.57. The van der Waals surface area contributed by atoms with Gasteiger partial charge in [-0.1, -0.05) is 78.4 Å². The second-order valence-electron chi connectivity index (χ2n) is 7.86. The number of nitrogens with one attached hydrogen (secondary N) is 1. The van der Waals surface area contributed by atoms with Crippen LogP contribution in [0.3, 0.4) is 0 Å². The van der Waals surface area contributed by atoms with Crippen molar-refractivity contribution in [3.8, 4) is 11.5 Å². The Morgan fingerprint density at radius 3 is 2.00 bits per heavy atom. The maximum absolute atomic E-state index is 13.3. The van der Waals surface area contributed by atoms with Crippen molar-refractivity contribution in [3.05, 3.63) is 131 Å². The highest BCUT2D eigenvalue weighted by molar-refractivity contribution is 5.95. The van der Waals surface area contributed by atoms with Crippen LogP contribution in [-0.4, -0.2) is 13.0 Å². The van der Waals surface area contributed by atoms with E-state index < -0.39 is 0 Å². The summed E-state index contributed by atoms with van der Waals surface area (Å²) in [6, 6.07) is 33.0. The number of aryl methyl sites for hydroxylation is 1. The summed E-state index contributed by atoms with van der Waals surface area (Å²) >= 11 is 0. The van der Waals surface area contributed by atoms with E-state index in [0.717, 1.165) is 22.4 Å². The van der Waals surface area contributed by atoms with E-state index in [4.69, 9.17) is 9.47 Å². The van der Waals surface area contributed by atoms with Crippen molar-refractivity contribution in [2.45, 2.75) is 19.6 Å². The molecule has 0 spiro atoms. The molecular weight excluding hydrogens is 410 g/mol. The van der Waals surface area contributed by atoms with E-state index in [2.05, 4.69) is 5.32 Å². The lowest BCUT2D eigenvalue weighted by Gasteiger charge is -2.20. The first-order chi connectivity index (χ1) is 16.1. The zero-order valence-electron chi connectivity index (χ0n) is 18.8. The normalized spacial score (nSPS) is 10.6. The van der Waals surface area contributed by atoms with Crippen molar-refractivity contribution in [2.24, 2.45) is 0 Å². The predicted molar refractivity (Wildman–Crippen MR) is 131 cm³/mol. The lowest BCUT2D eigenvalue weighted by molar-refractivity contribution is 0.0942. The first-order valence-corrected chi connectivity index (χ1v) is 10.9. The average molecular weight is 438 g/mol. The summed E-state index contributed by atoms with van der Waals surface area (Å²) in [7, 11) is 1.62. The third-order valence-electron chi connectivity index (χ3n) is 5.50. The Kier molecular flexibility index (Phi) is 7.06. The molecule has 4 aromatic rings. The van der Waals surface area contributed by atoms with E-state index in [1.807, 2.05) is 104 Å². The molecule has 0 heterocycles. The van der Waals surface area contributed by atoms with Gasteiger partial charge in [-0.15, -0.1) is 0 Å². The third kappa shape index (κ3) is 5.60. The van der Waals surface area contributed by atoms with E-state index in [-0.39, 0.29) is 11.9 Å². The van der Waals surface area contributed by atoms with Crippen LogP contribution in [0.1, 0.15) is 38.7 Å². The van der Waals surface area contributed by atoms with Crippen LogP contribution >= 0.6 is 0 Å². The molecule has 4 aromatic carbocycles. The summed E-state index contributed by atoms with van der Waals surface area (Å²) < 4.78 is 11.4. The molecule has 0 aliphatic rings. The zero-order chi connectivity index (χ0) is 23.0. The van der Waals surface area contributed by atoms with Crippen LogP contribution in [-0.2, 0) is 6.61 Å². The van der Waals surface area contributed by atoms with Gasteiger partial charge in [0.2, 0.25) is 0 Å². The quantitative estimate of drug-likeness (QED) is 0.362. The second kappa shape index (κ2) is 10.5. The van der Waals surface area contributed by atoms with Gasteiger partial charge in [0.25, 0.3) is 5.91 Å². The highest BCUT2D eigenvalue weighted by Gasteiger charge is 2.19. The van der Waals surface area contributed by atoms with Crippen LogP contribution < -0.4 is 14.8 Å². The Hall–Kier alpha value is -4.05. The van der Waals surface area contributed by atoms with E-state index >= 15 is 0 Å². The number of methoxy groups -OCH3 is 1. The number of hydrogen-bond acceptors (Lipinski definition) is 3. The molecule has 166 valence electrons. The van der Waals surface area contributed by atoms with Crippen LogP contribution in [0.4, 0.5) is 0 Å². The Morgan fingerprint density at radius 1 is 0.818 bits per heavy atom. The van der Waals surface area contributed by atoms with Gasteiger partial charge in [0.1, 0.15) is 18.1 Å². The minimum atomic E-state index is -0.255. The predicted octanol–water partition coefficient (Wildman–Crippen LogP) is 6.10. The number of hydrogen-bond donors (Lipinski definition) is 1. The number of benzene rings is 4. The first kappa shape index (κ1) is 22.2. The Labute approximate surface area is 194 Å². The molecule has 1 N–H and O–H groups in total. The maximum atomic E-state index is 13.3. The van der Waals surface area contributed by atoms with Crippen molar-refractivity contribution in [1.29, 1.82) is 0 Å². The molecule has 1 amide bonds. The molecule has 0 unspecified atom stereocenters. The molecule has 0 aromatic heterocycles. The van der Waals surface area contributed by atoms with Gasteiger partial charge in [-0.05, 0) is 48.4 Å². The number of ether oxygens (including phenoxy) is 2. The van der Waals surface area contributed by atoms with Crippen molar-refractivity contribution in [1.82, 2.24) is 5.32 Å². The summed E-state index contributed by atoms with van der Waals surface area (Å²) in [5.74, 6) is 1.29. The topological polar surface area (TPSA) is 47.6 Å². The van der Waals surface area contributed by atoms with E-state index in [1.165, 1.54) is 5.56 Å². The molecule has 0 aliphatic carbocycles. The van der Waals surface area contributed by atoms with Gasteiger partial charge in [0.15, 0.2) is 0 Å². The fourth-order valence-corrected chi connectivity index (χ4v) is 3.69. The molecule has 33 heavy (non-hydrogen) atoms. The van der Waals surface area contributed by atoms with E-state index in [0.29, 0.717) is 17.9 Å². The molecule has 4 nitrogen and oxygen atoms in total. The van der Waals surface area contributed by atoms with Crippen LogP contribution in [0, 0.1) is 6.92 Å². The second-order valence-corrected chi connectivity index (χ2v) is 7.86. The molecule has 0 saturated heterocycles. The standard InChI is InChI=1S/C29H27NO3/c1-21-13-16-26(17-14-21)33-20-25-19-24(15-18-27(25)32-2)29(31)30-28(22-9-5-3-6-10-22)23-11-7-4-8-12-23/h3-19,28H,20H2,1-2H3,(H,30,31). The number of rotatable bonds is 8. The van der Waals surface area contributed by atoms with Gasteiger partial charge in [0.05, 0.1) is 13.2 Å². The van der Waals surface area contributed by atoms with E-state index in [1.54, 1.807) is 13.2 Å². The Bertz CT molecular complexity index is 1150. The summed E-state index contributed by atoms with van der Waals surface area (Å²) in [4.78, 5) is 13.3. The number of amides is 1. The molecule has 0 bridgehead atoms. The van der Waals surface area contributed by atoms with Gasteiger partial charge >= 0.3 is 0 Å². The van der Waals surface area contributed by atoms with Gasteiger partial charge in [-0.3, -0.25) is 4.79 Å². The monoisotopic (exact) mass is 437 g/mol. The average Bonchev–Trinajstić information content (AvgIpc) is 2.87. The largest absolute Gasteiger partial charge is 0.496 e. The van der Waals surface area contributed by atoms with Crippen molar-refractivity contribution < 1.29 is 14.3 Å². The van der Waals surface area contributed by atoms with Crippen LogP contribution in [0.25, 0.3) is 0 Å². The van der Waals surface area contributed by atoms with Gasteiger partial charge in [-0.25, -0.2) is 0 Å². The summed E-state index contributed by atoms with van der Waals surface area (Å²) in [5, 5.41) is 3.19. The highest BCUT2D eigenvalue weighted by Crippen LogP contribution is 2.25. The van der Waals surface area contributed by atoms with Crippen LogP contribution in [0.15, 0.2) is 103 Å². The molecular formula is C29H27NO3. The van der Waals surface area contributed by atoms with Crippen LogP contribution in [0.2, 0.25) is 0 Å². The molecule has 0 radical (unpaired) electrons. The zero-order valence-corrected chi connectivity index (χ0v) is 18.8. The van der Waals surface area contributed by atoms with Crippen molar-refractivity contribution >= 4 is 5.91 Å². The molecule has 0 aliphatic heterocycles. The van der Waals surface area contributed by atoms with E-state index in [9.17, 15) is 4.79 Å². The molecule has 0 saturated carbocycles. The van der Waals surface area contributed by atoms with Crippen molar-refractivity contribution in [3.63, 3.8) is 0 Å². The minimum Gasteiger partial charge on any atom is -0.496 e. The molecule has 0 fully saturated rings. The van der Waals surface area contributed by atoms with Crippen LogP contribution in [0.5, 0.6) is 11.5 Å². The fraction of sp³-hybridized carbons (Fsp3) is 0.138. The van der Waals surface area contributed by atoms with Gasteiger partial charge in [0, 0.05) is 11.1 Å². The lowest BCUT2D eigenvalue weighted by Crippen LogP contribution is -2.29.